The highest BCUT2D eigenvalue weighted by atomic mass is 16.1. The van der Waals surface area contributed by atoms with Crippen molar-refractivity contribution in [3.05, 3.63) is 29.6 Å². The zero-order valence-corrected chi connectivity index (χ0v) is 17.6. The second-order valence-corrected chi connectivity index (χ2v) is 8.53. The molecule has 0 radical (unpaired) electrons. The molecule has 3 N–H and O–H groups in total. The van der Waals surface area contributed by atoms with E-state index in [4.69, 9.17) is 10.7 Å². The molecular weight excluding hydrogens is 366 g/mol. The van der Waals surface area contributed by atoms with E-state index in [1.54, 1.807) is 6.33 Å². The van der Waals surface area contributed by atoms with Crippen molar-refractivity contribution >= 4 is 17.5 Å². The van der Waals surface area contributed by atoms with Crippen LogP contribution in [0.1, 0.15) is 74.9 Å². The molecule has 1 amide bonds. The summed E-state index contributed by atoms with van der Waals surface area (Å²) in [6.07, 6.45) is 6.27. The van der Waals surface area contributed by atoms with E-state index in [-0.39, 0.29) is 11.8 Å². The molecule has 0 unspecified atom stereocenters. The third-order valence-corrected chi connectivity index (χ3v) is 6.05. The van der Waals surface area contributed by atoms with Gasteiger partial charge in [0.2, 0.25) is 5.91 Å². The van der Waals surface area contributed by atoms with E-state index >= 15 is 0 Å². The largest absolute Gasteiger partial charge is 0.356 e. The van der Waals surface area contributed by atoms with Gasteiger partial charge < -0.3 is 20.5 Å². The Morgan fingerprint density at radius 1 is 1.28 bits per heavy atom. The lowest BCUT2D eigenvalue weighted by atomic mass is 9.92. The minimum atomic E-state index is 0.0288. The number of anilines is 2. The van der Waals surface area contributed by atoms with Crippen LogP contribution in [0.3, 0.4) is 0 Å². The first-order valence-electron chi connectivity index (χ1n) is 10.6. The first-order valence-corrected chi connectivity index (χ1v) is 10.6. The molecule has 0 aromatic carbocycles. The summed E-state index contributed by atoms with van der Waals surface area (Å²) in [7, 11) is 0. The molecule has 1 saturated heterocycles. The van der Waals surface area contributed by atoms with Crippen LogP contribution in [0.5, 0.6) is 0 Å². The van der Waals surface area contributed by atoms with Gasteiger partial charge in [-0.3, -0.25) is 4.79 Å². The van der Waals surface area contributed by atoms with Crippen molar-refractivity contribution in [3.8, 4) is 0 Å². The van der Waals surface area contributed by atoms with Crippen LogP contribution in [-0.4, -0.2) is 45.1 Å². The topological polar surface area (TPSA) is 102 Å². The fourth-order valence-corrected chi connectivity index (χ4v) is 4.48. The molecule has 8 heteroatoms. The molecule has 2 aliphatic rings. The van der Waals surface area contributed by atoms with Gasteiger partial charge >= 0.3 is 0 Å². The first kappa shape index (κ1) is 19.8. The van der Waals surface area contributed by atoms with Gasteiger partial charge in [0.1, 0.15) is 23.8 Å². The average molecular weight is 398 g/mol. The molecule has 8 nitrogen and oxygen atoms in total. The highest BCUT2D eigenvalue weighted by Gasteiger charge is 2.31. The third kappa shape index (κ3) is 3.85. The van der Waals surface area contributed by atoms with Crippen LogP contribution in [0.4, 0.5) is 11.6 Å². The number of hydrogen-bond acceptors (Lipinski definition) is 6. The van der Waals surface area contributed by atoms with Gasteiger partial charge in [-0.25, -0.2) is 15.0 Å². The molecule has 0 aliphatic carbocycles. The number of nitrogens with zero attached hydrogens (tertiary/aromatic N) is 5. The van der Waals surface area contributed by atoms with Crippen molar-refractivity contribution in [1.29, 1.82) is 0 Å². The van der Waals surface area contributed by atoms with E-state index in [1.165, 1.54) is 5.82 Å². The lowest BCUT2D eigenvalue weighted by Crippen LogP contribution is -2.36. The number of carbonyl (C=O) groups is 1. The van der Waals surface area contributed by atoms with Crippen LogP contribution < -0.4 is 16.0 Å². The van der Waals surface area contributed by atoms with E-state index < -0.39 is 0 Å². The second-order valence-electron chi connectivity index (χ2n) is 8.53. The summed E-state index contributed by atoms with van der Waals surface area (Å²) < 4.78 is 2.25. The molecule has 29 heavy (non-hydrogen) atoms. The van der Waals surface area contributed by atoms with Gasteiger partial charge in [-0.2, -0.15) is 0 Å². The lowest BCUT2D eigenvalue weighted by molar-refractivity contribution is -0.116. The van der Waals surface area contributed by atoms with Gasteiger partial charge in [-0.1, -0.05) is 20.8 Å². The summed E-state index contributed by atoms with van der Waals surface area (Å²) in [6, 6.07) is 0. The summed E-state index contributed by atoms with van der Waals surface area (Å²) >= 11 is 0. The molecule has 2 aromatic heterocycles. The van der Waals surface area contributed by atoms with Gasteiger partial charge in [0.05, 0.1) is 5.69 Å². The summed E-state index contributed by atoms with van der Waals surface area (Å²) in [5, 5.41) is 2.90. The van der Waals surface area contributed by atoms with Crippen LogP contribution >= 0.6 is 0 Å². The number of fused-ring (bicyclic) bond motifs is 1. The molecule has 4 heterocycles. The van der Waals surface area contributed by atoms with E-state index in [0.717, 1.165) is 49.6 Å². The monoisotopic (exact) mass is 397 g/mol. The van der Waals surface area contributed by atoms with Crippen molar-refractivity contribution in [2.24, 2.45) is 5.73 Å². The summed E-state index contributed by atoms with van der Waals surface area (Å²) in [5.41, 5.74) is 8.04. The van der Waals surface area contributed by atoms with Crippen molar-refractivity contribution in [1.82, 2.24) is 19.5 Å². The zero-order chi connectivity index (χ0) is 20.5. The number of rotatable bonds is 5. The Hall–Kier alpha value is -2.48. The summed E-state index contributed by atoms with van der Waals surface area (Å²) in [6.45, 7) is 9.71. The minimum Gasteiger partial charge on any atom is -0.356 e. The quantitative estimate of drug-likeness (QED) is 0.804. The Morgan fingerprint density at radius 2 is 2.03 bits per heavy atom. The van der Waals surface area contributed by atoms with Crippen molar-refractivity contribution < 1.29 is 4.79 Å². The summed E-state index contributed by atoms with van der Waals surface area (Å²) in [5.74, 6) is 3.81. The predicted octanol–water partition coefficient (Wildman–Crippen LogP) is 2.58. The van der Waals surface area contributed by atoms with Crippen LogP contribution in [-0.2, 0) is 11.3 Å². The maximum Gasteiger partial charge on any atom is 0.226 e. The fourth-order valence-electron chi connectivity index (χ4n) is 4.48. The Bertz CT molecular complexity index is 883. The van der Waals surface area contributed by atoms with Crippen LogP contribution in [0.15, 0.2) is 12.5 Å². The maximum atomic E-state index is 11.9. The number of carbonyl (C=O) groups excluding carboxylic acids is 1. The standard InChI is InChI=1S/C21H31N7O/c1-13(2)16-11-28(9-6-22)20(25-16)15-4-7-27(8-5-15)21-18-14(3)10-17(29)26-19(18)23-12-24-21/h11-15H,4-10,22H2,1-3H3,(H,23,24,26,29)/t14-/m1/s1. The number of piperidine rings is 1. The molecule has 0 spiro atoms. The molecule has 1 atom stereocenters. The zero-order valence-electron chi connectivity index (χ0n) is 17.6. The Kier molecular flexibility index (Phi) is 5.54. The normalized spacial score (nSPS) is 20.1. The van der Waals surface area contributed by atoms with Crippen molar-refractivity contribution in [2.45, 2.75) is 64.3 Å². The lowest BCUT2D eigenvalue weighted by Gasteiger charge is -2.35. The van der Waals surface area contributed by atoms with E-state index in [9.17, 15) is 4.79 Å². The number of imidazole rings is 1. The number of amides is 1. The van der Waals surface area contributed by atoms with E-state index in [0.29, 0.717) is 30.6 Å². The van der Waals surface area contributed by atoms with Crippen molar-refractivity contribution in [3.63, 3.8) is 0 Å². The second kappa shape index (κ2) is 8.10. The van der Waals surface area contributed by atoms with Crippen LogP contribution in [0.2, 0.25) is 0 Å². The number of nitrogens with one attached hydrogen (secondary N) is 1. The molecule has 0 saturated carbocycles. The highest BCUT2D eigenvalue weighted by Crippen LogP contribution is 2.38. The van der Waals surface area contributed by atoms with Crippen LogP contribution in [0.25, 0.3) is 0 Å². The minimum absolute atomic E-state index is 0.0288. The van der Waals surface area contributed by atoms with Crippen molar-refractivity contribution in [2.75, 3.05) is 29.9 Å². The highest BCUT2D eigenvalue weighted by molar-refractivity contribution is 5.94. The molecule has 0 bridgehead atoms. The SMILES string of the molecule is CC(C)c1cn(CCN)c(C2CCN(c3ncnc4c3[C@H](C)CC(=O)N4)CC2)n1. The molecule has 4 rings (SSSR count). The first-order chi connectivity index (χ1) is 14.0. The maximum absolute atomic E-state index is 11.9. The Balaban J connectivity index is 1.53. The van der Waals surface area contributed by atoms with Gasteiger partial charge in [-0.15, -0.1) is 0 Å². The average Bonchev–Trinajstić information content (AvgIpc) is 3.12. The van der Waals surface area contributed by atoms with Gasteiger partial charge in [0.25, 0.3) is 0 Å². The number of aromatic nitrogens is 4. The van der Waals surface area contributed by atoms with E-state index in [2.05, 4.69) is 51.7 Å². The fraction of sp³-hybridized carbons (Fsp3) is 0.619. The molecule has 156 valence electrons. The molecule has 2 aromatic rings. The molecular formula is C21H31N7O. The molecule has 1 fully saturated rings. The van der Waals surface area contributed by atoms with Crippen LogP contribution in [0, 0.1) is 0 Å². The third-order valence-electron chi connectivity index (χ3n) is 6.05. The Labute approximate surface area is 171 Å². The van der Waals surface area contributed by atoms with Gasteiger partial charge in [-0.05, 0) is 24.7 Å². The van der Waals surface area contributed by atoms with Gasteiger partial charge in [0.15, 0.2) is 0 Å². The number of hydrogen-bond donors (Lipinski definition) is 2. The predicted molar refractivity (Wildman–Crippen MR) is 113 cm³/mol. The molecule has 2 aliphatic heterocycles. The smallest absolute Gasteiger partial charge is 0.226 e. The summed E-state index contributed by atoms with van der Waals surface area (Å²) in [4.78, 5) is 28.0. The van der Waals surface area contributed by atoms with E-state index in [1.807, 2.05) is 0 Å². The van der Waals surface area contributed by atoms with Gasteiger partial charge in [0, 0.05) is 50.3 Å². The Morgan fingerprint density at radius 3 is 2.72 bits per heavy atom. The number of nitrogens with two attached hydrogens (primary N) is 1.